The van der Waals surface area contributed by atoms with Gasteiger partial charge >= 0.3 is 0 Å². The molecule has 0 aliphatic carbocycles. The van der Waals surface area contributed by atoms with Crippen LogP contribution < -0.4 is 0 Å². The first-order chi connectivity index (χ1) is 13.1. The number of benzene rings is 2. The standard InChI is InChI=1S/C20H24N2O4S/c23-20(21-10-12-26-13-11-21)18-6-3-9-22(15-18)27(24,25)19-8-7-16-4-1-2-5-17(16)14-19/h1-2,4-5,7-8,14,18H,3,6,9-13,15H2/t18-/m0/s1. The van der Waals surface area contributed by atoms with Crippen molar-refractivity contribution in [2.45, 2.75) is 17.7 Å². The number of amides is 1. The highest BCUT2D eigenvalue weighted by Crippen LogP contribution is 2.27. The van der Waals surface area contributed by atoms with Crippen molar-refractivity contribution in [2.75, 3.05) is 39.4 Å². The van der Waals surface area contributed by atoms with Crippen LogP contribution in [0.25, 0.3) is 10.8 Å². The summed E-state index contributed by atoms with van der Waals surface area (Å²) >= 11 is 0. The number of fused-ring (bicyclic) bond motifs is 1. The van der Waals surface area contributed by atoms with Crippen molar-refractivity contribution in [3.63, 3.8) is 0 Å². The van der Waals surface area contributed by atoms with Gasteiger partial charge in [0.1, 0.15) is 0 Å². The number of morpholine rings is 1. The maximum atomic E-state index is 13.2. The lowest BCUT2D eigenvalue weighted by atomic mass is 9.98. The Morgan fingerprint density at radius 3 is 2.52 bits per heavy atom. The average molecular weight is 388 g/mol. The fourth-order valence-electron chi connectivity index (χ4n) is 3.88. The molecule has 2 fully saturated rings. The van der Waals surface area contributed by atoms with Crippen LogP contribution in [0.3, 0.4) is 0 Å². The lowest BCUT2D eigenvalue weighted by molar-refractivity contribution is -0.140. The topological polar surface area (TPSA) is 66.9 Å². The molecule has 144 valence electrons. The van der Waals surface area contributed by atoms with E-state index in [1.54, 1.807) is 17.0 Å². The zero-order chi connectivity index (χ0) is 18.9. The van der Waals surface area contributed by atoms with Gasteiger partial charge in [0.25, 0.3) is 0 Å². The molecule has 27 heavy (non-hydrogen) atoms. The summed E-state index contributed by atoms with van der Waals surface area (Å²) in [7, 11) is -3.61. The van der Waals surface area contributed by atoms with Gasteiger partial charge in [0.2, 0.25) is 15.9 Å². The maximum Gasteiger partial charge on any atom is 0.243 e. The minimum Gasteiger partial charge on any atom is -0.378 e. The smallest absolute Gasteiger partial charge is 0.243 e. The van der Waals surface area contributed by atoms with Crippen LogP contribution in [0.2, 0.25) is 0 Å². The number of nitrogens with zero attached hydrogens (tertiary/aromatic N) is 2. The molecule has 0 saturated carbocycles. The van der Waals surface area contributed by atoms with Crippen molar-refractivity contribution in [3.8, 4) is 0 Å². The summed E-state index contributed by atoms with van der Waals surface area (Å²) < 4.78 is 33.1. The Morgan fingerprint density at radius 2 is 1.74 bits per heavy atom. The van der Waals surface area contributed by atoms with Crippen LogP contribution >= 0.6 is 0 Å². The highest BCUT2D eigenvalue weighted by Gasteiger charge is 2.35. The van der Waals surface area contributed by atoms with Gasteiger partial charge < -0.3 is 9.64 Å². The zero-order valence-electron chi connectivity index (χ0n) is 15.2. The van der Waals surface area contributed by atoms with E-state index in [9.17, 15) is 13.2 Å². The first-order valence-corrected chi connectivity index (χ1v) is 10.9. The first kappa shape index (κ1) is 18.4. The van der Waals surface area contributed by atoms with Crippen LogP contribution in [0.1, 0.15) is 12.8 Å². The van der Waals surface area contributed by atoms with Crippen molar-refractivity contribution >= 4 is 26.7 Å². The SMILES string of the molecule is O=C([C@H]1CCCN(S(=O)(=O)c2ccc3ccccc3c2)C1)N1CCOCC1. The van der Waals surface area contributed by atoms with E-state index in [4.69, 9.17) is 4.74 Å². The number of piperidine rings is 1. The molecule has 0 spiro atoms. The van der Waals surface area contributed by atoms with Crippen LogP contribution in [-0.2, 0) is 19.6 Å². The number of carbonyl (C=O) groups is 1. The average Bonchev–Trinajstić information content (AvgIpc) is 2.73. The van der Waals surface area contributed by atoms with Gasteiger partial charge in [0, 0.05) is 26.2 Å². The summed E-state index contributed by atoms with van der Waals surface area (Å²) in [6, 6.07) is 12.9. The van der Waals surface area contributed by atoms with Crippen molar-refractivity contribution < 1.29 is 17.9 Å². The molecule has 2 saturated heterocycles. The number of hydrogen-bond donors (Lipinski definition) is 0. The molecule has 2 aliphatic rings. The second kappa shape index (κ2) is 7.58. The van der Waals surface area contributed by atoms with Gasteiger partial charge in [-0.2, -0.15) is 4.31 Å². The predicted octanol–water partition coefficient (Wildman–Crippen LogP) is 2.10. The third kappa shape index (κ3) is 3.72. The van der Waals surface area contributed by atoms with Gasteiger partial charge in [0.05, 0.1) is 24.0 Å². The lowest BCUT2D eigenvalue weighted by Crippen LogP contribution is -2.49. The molecule has 0 bridgehead atoms. The molecule has 0 radical (unpaired) electrons. The Balaban J connectivity index is 1.54. The van der Waals surface area contributed by atoms with E-state index in [0.29, 0.717) is 44.2 Å². The monoisotopic (exact) mass is 388 g/mol. The molecule has 0 unspecified atom stereocenters. The van der Waals surface area contributed by atoms with Crippen LogP contribution in [0.4, 0.5) is 0 Å². The van der Waals surface area contributed by atoms with Crippen molar-refractivity contribution in [3.05, 3.63) is 42.5 Å². The Morgan fingerprint density at radius 1 is 1.00 bits per heavy atom. The predicted molar refractivity (Wildman–Crippen MR) is 103 cm³/mol. The molecular weight excluding hydrogens is 364 g/mol. The molecule has 6 nitrogen and oxygen atoms in total. The largest absolute Gasteiger partial charge is 0.378 e. The second-order valence-electron chi connectivity index (χ2n) is 7.15. The van der Waals surface area contributed by atoms with E-state index in [2.05, 4.69) is 0 Å². The van der Waals surface area contributed by atoms with Crippen molar-refractivity contribution in [1.29, 1.82) is 0 Å². The summed E-state index contributed by atoms with van der Waals surface area (Å²) in [6.45, 7) is 3.00. The number of carbonyl (C=O) groups excluding carboxylic acids is 1. The van der Waals surface area contributed by atoms with Gasteiger partial charge in [-0.05, 0) is 35.7 Å². The van der Waals surface area contributed by atoms with Gasteiger partial charge in [-0.3, -0.25) is 4.79 Å². The molecule has 2 aliphatic heterocycles. The first-order valence-electron chi connectivity index (χ1n) is 9.41. The minimum atomic E-state index is -3.61. The fourth-order valence-corrected chi connectivity index (χ4v) is 5.44. The highest BCUT2D eigenvalue weighted by atomic mass is 32.2. The zero-order valence-corrected chi connectivity index (χ0v) is 16.0. The van der Waals surface area contributed by atoms with Gasteiger partial charge in [-0.1, -0.05) is 30.3 Å². The fraction of sp³-hybridized carbons (Fsp3) is 0.450. The van der Waals surface area contributed by atoms with E-state index in [1.807, 2.05) is 30.3 Å². The molecule has 2 heterocycles. The summed E-state index contributed by atoms with van der Waals surface area (Å²) in [5.74, 6) is -0.219. The van der Waals surface area contributed by atoms with Crippen LogP contribution in [-0.4, -0.2) is 62.9 Å². The highest BCUT2D eigenvalue weighted by molar-refractivity contribution is 7.89. The Labute approximate surface area is 159 Å². The van der Waals surface area contributed by atoms with Crippen molar-refractivity contribution in [1.82, 2.24) is 9.21 Å². The number of hydrogen-bond acceptors (Lipinski definition) is 4. The van der Waals surface area contributed by atoms with Crippen LogP contribution in [0.15, 0.2) is 47.4 Å². The second-order valence-corrected chi connectivity index (χ2v) is 9.09. The Hall–Kier alpha value is -1.96. The summed E-state index contributed by atoms with van der Waals surface area (Å²) in [6.07, 6.45) is 1.44. The van der Waals surface area contributed by atoms with Crippen LogP contribution in [0.5, 0.6) is 0 Å². The third-order valence-electron chi connectivity index (χ3n) is 5.41. The third-order valence-corrected chi connectivity index (χ3v) is 7.28. The van der Waals surface area contributed by atoms with E-state index < -0.39 is 10.0 Å². The molecule has 4 rings (SSSR count). The maximum absolute atomic E-state index is 13.2. The summed E-state index contributed by atoms with van der Waals surface area (Å²) in [5, 5.41) is 1.91. The van der Waals surface area contributed by atoms with E-state index in [0.717, 1.165) is 17.2 Å². The molecule has 7 heteroatoms. The minimum absolute atomic E-state index is 0.0525. The van der Waals surface area contributed by atoms with E-state index in [1.165, 1.54) is 4.31 Å². The molecule has 0 aromatic heterocycles. The van der Waals surface area contributed by atoms with Gasteiger partial charge in [-0.15, -0.1) is 0 Å². The number of rotatable bonds is 3. The summed E-state index contributed by atoms with van der Waals surface area (Å²) in [5.41, 5.74) is 0. The lowest BCUT2D eigenvalue weighted by Gasteiger charge is -2.35. The Bertz CT molecular complexity index is 938. The molecule has 2 aromatic carbocycles. The van der Waals surface area contributed by atoms with Gasteiger partial charge in [-0.25, -0.2) is 8.42 Å². The molecule has 1 atom stereocenters. The quantitative estimate of drug-likeness (QED) is 0.808. The van der Waals surface area contributed by atoms with Gasteiger partial charge in [0.15, 0.2) is 0 Å². The van der Waals surface area contributed by atoms with E-state index in [-0.39, 0.29) is 18.4 Å². The number of ether oxygens (including phenoxy) is 1. The molecule has 1 amide bonds. The molecular formula is C20H24N2O4S. The molecule has 0 N–H and O–H groups in total. The number of sulfonamides is 1. The van der Waals surface area contributed by atoms with E-state index >= 15 is 0 Å². The van der Waals surface area contributed by atoms with Crippen LogP contribution in [0, 0.1) is 5.92 Å². The van der Waals surface area contributed by atoms with Crippen molar-refractivity contribution in [2.24, 2.45) is 5.92 Å². The molecule has 2 aromatic rings. The summed E-state index contributed by atoms with van der Waals surface area (Å²) in [4.78, 5) is 14.9. The Kier molecular flexibility index (Phi) is 5.16. The normalized spacial score (nSPS) is 22.1.